The zero-order chi connectivity index (χ0) is 24.0. The molecule has 3 aromatic carbocycles. The molecule has 3 aromatic rings. The van der Waals surface area contributed by atoms with Crippen LogP contribution in [-0.4, -0.2) is 22.5 Å². The fraction of sp³-hybridized carbons (Fsp3) is 0.379. The van der Waals surface area contributed by atoms with Crippen molar-refractivity contribution in [3.63, 3.8) is 0 Å². The van der Waals surface area contributed by atoms with Gasteiger partial charge < -0.3 is 5.11 Å². The van der Waals surface area contributed by atoms with E-state index in [0.717, 1.165) is 29.6 Å². The molecule has 0 heterocycles. The Bertz CT molecular complexity index is 1220. The first kappa shape index (κ1) is 23.5. The van der Waals surface area contributed by atoms with Gasteiger partial charge >= 0.3 is 0 Å². The van der Waals surface area contributed by atoms with Gasteiger partial charge in [0.05, 0.1) is 9.73 Å². The third-order valence-corrected chi connectivity index (χ3v) is 17.0. The molecule has 0 radical (unpaired) electrons. The lowest BCUT2D eigenvalue weighted by Crippen LogP contribution is -2.64. The Balaban J connectivity index is 1.91. The molecule has 4 atom stereocenters. The summed E-state index contributed by atoms with van der Waals surface area (Å²) < 4.78 is 21.1. The number of aliphatic hydroxyl groups is 1. The molecule has 5 rings (SSSR count). The standard InChI is InChI=1S/C29H35NO2SSi/c1-28(2,3)34(26-15-9-5-10-16-26,27-17-11-6-12-18-27)30-33(32,25-13-7-4-8-14-25)29(31)22-23-19-20-24(29)21-23/h4-18,23-24,31H,19-22H2,1-3H3/t23-,24+,29+,33?/m0/s1. The van der Waals surface area contributed by atoms with Crippen molar-refractivity contribution < 1.29 is 9.32 Å². The normalized spacial score (nSPS) is 26.2. The number of hydrogen-bond acceptors (Lipinski definition) is 3. The molecule has 0 spiro atoms. The third kappa shape index (κ3) is 3.52. The number of benzene rings is 3. The number of hydrogen-bond donors (Lipinski definition) is 1. The van der Waals surface area contributed by atoms with E-state index in [1.54, 1.807) is 0 Å². The first-order chi connectivity index (χ1) is 16.2. The molecule has 3 nitrogen and oxygen atoms in total. The second kappa shape index (κ2) is 8.47. The summed E-state index contributed by atoms with van der Waals surface area (Å²) in [4.78, 5) is -0.636. The van der Waals surface area contributed by atoms with Gasteiger partial charge in [-0.3, -0.25) is 4.03 Å². The molecule has 2 fully saturated rings. The summed E-state index contributed by atoms with van der Waals surface area (Å²) >= 11 is 0. The Hall–Kier alpha value is -2.21. The van der Waals surface area contributed by atoms with Crippen LogP contribution >= 0.6 is 0 Å². The molecule has 2 aliphatic rings. The largest absolute Gasteiger partial charge is 0.375 e. The van der Waals surface area contributed by atoms with E-state index in [0.29, 0.717) is 17.2 Å². The first-order valence-corrected chi connectivity index (χ1v) is 15.8. The molecule has 178 valence electrons. The number of fused-ring (bicyclic) bond motifs is 2. The van der Waals surface area contributed by atoms with Crippen LogP contribution in [0.3, 0.4) is 0 Å². The minimum Gasteiger partial charge on any atom is -0.375 e. The van der Waals surface area contributed by atoms with E-state index >= 15 is 4.21 Å². The van der Waals surface area contributed by atoms with Crippen LogP contribution in [0.5, 0.6) is 0 Å². The van der Waals surface area contributed by atoms with E-state index in [1.165, 1.54) is 0 Å². The molecular weight excluding hydrogens is 454 g/mol. The first-order valence-electron chi connectivity index (χ1n) is 12.4. The monoisotopic (exact) mass is 489 g/mol. The Morgan fingerprint density at radius 2 is 1.35 bits per heavy atom. The predicted molar refractivity (Wildman–Crippen MR) is 143 cm³/mol. The van der Waals surface area contributed by atoms with Crippen molar-refractivity contribution in [2.45, 2.75) is 61.3 Å². The number of rotatable bonds is 5. The molecule has 1 unspecified atom stereocenters. The van der Waals surface area contributed by atoms with E-state index in [-0.39, 0.29) is 11.0 Å². The van der Waals surface area contributed by atoms with Crippen molar-refractivity contribution in [1.29, 1.82) is 0 Å². The van der Waals surface area contributed by atoms with Crippen LogP contribution < -0.4 is 10.4 Å². The van der Waals surface area contributed by atoms with Crippen molar-refractivity contribution in [3.8, 4) is 0 Å². The minimum absolute atomic E-state index is 0.0344. The maximum atomic E-state index is 15.5. The molecule has 34 heavy (non-hydrogen) atoms. The van der Waals surface area contributed by atoms with Crippen molar-refractivity contribution in [3.05, 3.63) is 91.0 Å². The van der Waals surface area contributed by atoms with Gasteiger partial charge in [-0.15, -0.1) is 0 Å². The highest BCUT2D eigenvalue weighted by molar-refractivity contribution is 7.95. The van der Waals surface area contributed by atoms with Gasteiger partial charge in [0.15, 0.2) is 4.93 Å². The lowest BCUT2D eigenvalue weighted by atomic mass is 9.97. The van der Waals surface area contributed by atoms with Gasteiger partial charge in [-0.2, -0.15) is 0 Å². The van der Waals surface area contributed by atoms with Gasteiger partial charge in [-0.05, 0) is 59.1 Å². The zero-order valence-electron chi connectivity index (χ0n) is 20.4. The van der Waals surface area contributed by atoms with Gasteiger partial charge in [0.25, 0.3) is 8.24 Å². The summed E-state index contributed by atoms with van der Waals surface area (Å²) in [6.07, 6.45) is 3.58. The molecule has 1 N–H and O–H groups in total. The number of nitrogens with zero attached hydrogens (tertiary/aromatic N) is 1. The second-order valence-corrected chi connectivity index (χ2v) is 18.1. The molecule has 2 bridgehead atoms. The molecular formula is C29H35NO2SSi. The Morgan fingerprint density at radius 3 is 1.76 bits per heavy atom. The fourth-order valence-corrected chi connectivity index (χ4v) is 16.4. The second-order valence-electron chi connectivity index (χ2n) is 11.0. The zero-order valence-corrected chi connectivity index (χ0v) is 22.2. The molecule has 0 saturated heterocycles. The summed E-state index contributed by atoms with van der Waals surface area (Å²) in [5.74, 6) is 0.473. The SMILES string of the molecule is CC(C)(C)[Si](N=S(=O)(c1ccccc1)[C@]1(O)C[C@H]2CC[C@@H]1C2)(c1ccccc1)c1ccccc1. The third-order valence-electron chi connectivity index (χ3n) is 8.04. The van der Waals surface area contributed by atoms with Crippen LogP contribution in [0.2, 0.25) is 5.04 Å². The van der Waals surface area contributed by atoms with Crippen molar-refractivity contribution in [1.82, 2.24) is 0 Å². The van der Waals surface area contributed by atoms with Crippen LogP contribution in [0.25, 0.3) is 0 Å². The highest BCUT2D eigenvalue weighted by Crippen LogP contribution is 2.56. The Labute approximate surface area is 205 Å². The summed E-state index contributed by atoms with van der Waals surface area (Å²) in [5, 5.41) is 14.3. The molecule has 5 heteroatoms. The summed E-state index contributed by atoms with van der Waals surface area (Å²) in [6.45, 7) is 6.66. The molecule has 2 saturated carbocycles. The van der Waals surface area contributed by atoms with Crippen LogP contribution in [0.15, 0.2) is 99.9 Å². The fourth-order valence-electron chi connectivity index (χ4n) is 6.36. The summed E-state index contributed by atoms with van der Waals surface area (Å²) in [5.41, 5.74) is 0. The van der Waals surface area contributed by atoms with E-state index in [1.807, 2.05) is 42.5 Å². The average Bonchev–Trinajstić information content (AvgIpc) is 3.45. The van der Waals surface area contributed by atoms with Gasteiger partial charge in [0.1, 0.15) is 0 Å². The molecule has 0 aromatic heterocycles. The van der Waals surface area contributed by atoms with E-state index in [2.05, 4.69) is 69.3 Å². The summed E-state index contributed by atoms with van der Waals surface area (Å²) in [7, 11) is -6.19. The lowest BCUT2D eigenvalue weighted by molar-refractivity contribution is 0.0701. The van der Waals surface area contributed by atoms with Gasteiger partial charge in [0.2, 0.25) is 0 Å². The van der Waals surface area contributed by atoms with Gasteiger partial charge in [-0.25, -0.2) is 4.21 Å². The van der Waals surface area contributed by atoms with Crippen molar-refractivity contribution in [2.24, 2.45) is 15.9 Å². The predicted octanol–water partition coefficient (Wildman–Crippen LogP) is 5.58. The quantitative estimate of drug-likeness (QED) is 0.476. The Kier molecular flexibility index (Phi) is 5.86. The van der Waals surface area contributed by atoms with Gasteiger partial charge in [-0.1, -0.05) is 99.6 Å². The lowest BCUT2D eigenvalue weighted by Gasteiger charge is -2.43. The molecule has 2 aliphatic carbocycles. The van der Waals surface area contributed by atoms with Crippen molar-refractivity contribution >= 4 is 28.3 Å². The maximum absolute atomic E-state index is 15.5. The van der Waals surface area contributed by atoms with Crippen LogP contribution in [0.1, 0.15) is 46.5 Å². The smallest absolute Gasteiger partial charge is 0.260 e. The van der Waals surface area contributed by atoms with Gasteiger partial charge in [0, 0.05) is 10.8 Å². The Morgan fingerprint density at radius 1 is 0.853 bits per heavy atom. The summed E-state index contributed by atoms with van der Waals surface area (Å²) in [6, 6.07) is 30.4. The maximum Gasteiger partial charge on any atom is 0.260 e. The van der Waals surface area contributed by atoms with E-state index in [4.69, 9.17) is 4.03 Å². The minimum atomic E-state index is -3.17. The average molecular weight is 490 g/mol. The van der Waals surface area contributed by atoms with Crippen molar-refractivity contribution in [2.75, 3.05) is 0 Å². The topological polar surface area (TPSA) is 49.7 Å². The van der Waals surface area contributed by atoms with E-state index in [9.17, 15) is 5.11 Å². The van der Waals surface area contributed by atoms with Crippen LogP contribution in [-0.2, 0) is 9.73 Å². The highest BCUT2D eigenvalue weighted by Gasteiger charge is 2.59. The van der Waals surface area contributed by atoms with Crippen LogP contribution in [0.4, 0.5) is 0 Å². The highest BCUT2D eigenvalue weighted by atomic mass is 32.2. The van der Waals surface area contributed by atoms with E-state index < -0.39 is 22.9 Å². The van der Waals surface area contributed by atoms with Crippen LogP contribution in [0, 0.1) is 11.8 Å². The molecule has 0 amide bonds. The molecule has 0 aliphatic heterocycles.